The van der Waals surface area contributed by atoms with Gasteiger partial charge in [-0.25, -0.2) is 4.98 Å². The molecule has 0 aliphatic rings. The number of aromatic nitrogens is 2. The predicted octanol–water partition coefficient (Wildman–Crippen LogP) is 2.01. The summed E-state index contributed by atoms with van der Waals surface area (Å²) in [5.74, 6) is 0.752. The highest BCUT2D eigenvalue weighted by atomic mass is 16.5. The summed E-state index contributed by atoms with van der Waals surface area (Å²) in [6.07, 6.45) is 1.43. The third-order valence-electron chi connectivity index (χ3n) is 2.15. The molecule has 17 heavy (non-hydrogen) atoms. The number of aromatic amines is 1. The molecule has 0 bridgehead atoms. The van der Waals surface area contributed by atoms with Crippen molar-refractivity contribution in [1.29, 1.82) is 5.26 Å². The van der Waals surface area contributed by atoms with Gasteiger partial charge in [0.2, 0.25) is 5.90 Å². The first-order chi connectivity index (χ1) is 8.35. The number of hydrogen-bond acceptors (Lipinski definition) is 4. The minimum Gasteiger partial charge on any atom is -0.481 e. The standard InChI is InChI=1S/C12H10N4O/c1-17-12(9-5-3-2-4-6-9)16-11-10(7-13)14-8-15-11/h2-6,8H,1H3,(H,14,15). The first-order valence-electron chi connectivity index (χ1n) is 4.96. The van der Waals surface area contributed by atoms with Gasteiger partial charge in [-0.1, -0.05) is 18.2 Å². The van der Waals surface area contributed by atoms with Crippen LogP contribution in [0.4, 0.5) is 5.82 Å². The van der Waals surface area contributed by atoms with Crippen molar-refractivity contribution >= 4 is 11.7 Å². The summed E-state index contributed by atoms with van der Waals surface area (Å²) in [5, 5.41) is 8.83. The Kier molecular flexibility index (Phi) is 3.17. The summed E-state index contributed by atoms with van der Waals surface area (Å²) >= 11 is 0. The Morgan fingerprint density at radius 3 is 2.82 bits per heavy atom. The molecule has 0 saturated heterocycles. The zero-order valence-corrected chi connectivity index (χ0v) is 9.21. The molecular formula is C12H10N4O. The Balaban J connectivity index is 2.41. The molecule has 0 spiro atoms. The predicted molar refractivity (Wildman–Crippen MR) is 63.0 cm³/mol. The van der Waals surface area contributed by atoms with Crippen LogP contribution in [0.5, 0.6) is 0 Å². The van der Waals surface area contributed by atoms with Gasteiger partial charge in [0, 0.05) is 5.56 Å². The summed E-state index contributed by atoms with van der Waals surface area (Å²) in [5.41, 5.74) is 1.15. The topological polar surface area (TPSA) is 74.1 Å². The van der Waals surface area contributed by atoms with Gasteiger partial charge in [-0.3, -0.25) is 0 Å². The lowest BCUT2D eigenvalue weighted by molar-refractivity contribution is 0.405. The van der Waals surface area contributed by atoms with Crippen LogP contribution in [0.15, 0.2) is 41.7 Å². The average molecular weight is 226 g/mol. The van der Waals surface area contributed by atoms with Crippen LogP contribution in [0, 0.1) is 11.3 Å². The summed E-state index contributed by atoms with van der Waals surface area (Å²) in [6, 6.07) is 11.4. The van der Waals surface area contributed by atoms with E-state index in [0.29, 0.717) is 17.4 Å². The van der Waals surface area contributed by atoms with Gasteiger partial charge in [0.15, 0.2) is 11.5 Å². The number of aliphatic imine (C=N–C) groups is 1. The molecule has 0 fully saturated rings. The monoisotopic (exact) mass is 226 g/mol. The third-order valence-corrected chi connectivity index (χ3v) is 2.15. The Morgan fingerprint density at radius 1 is 1.41 bits per heavy atom. The first-order valence-corrected chi connectivity index (χ1v) is 4.96. The van der Waals surface area contributed by atoms with Crippen molar-refractivity contribution in [2.75, 3.05) is 7.11 Å². The van der Waals surface area contributed by atoms with Gasteiger partial charge in [-0.2, -0.15) is 10.3 Å². The maximum atomic E-state index is 8.83. The molecule has 0 amide bonds. The van der Waals surface area contributed by atoms with E-state index in [0.717, 1.165) is 5.56 Å². The number of nitriles is 1. The van der Waals surface area contributed by atoms with E-state index in [1.807, 2.05) is 36.4 Å². The lowest BCUT2D eigenvalue weighted by Crippen LogP contribution is -2.02. The average Bonchev–Trinajstić information content (AvgIpc) is 2.84. The van der Waals surface area contributed by atoms with Gasteiger partial charge in [0.05, 0.1) is 13.4 Å². The largest absolute Gasteiger partial charge is 0.481 e. The first kappa shape index (κ1) is 10.9. The van der Waals surface area contributed by atoms with E-state index in [9.17, 15) is 0 Å². The van der Waals surface area contributed by atoms with Gasteiger partial charge in [-0.05, 0) is 12.1 Å². The van der Waals surface area contributed by atoms with E-state index in [2.05, 4.69) is 15.0 Å². The number of rotatable bonds is 2. The number of methoxy groups -OCH3 is 1. The fourth-order valence-electron chi connectivity index (χ4n) is 1.36. The van der Waals surface area contributed by atoms with Crippen molar-refractivity contribution in [3.05, 3.63) is 47.9 Å². The Morgan fingerprint density at radius 2 is 2.18 bits per heavy atom. The number of ether oxygens (including phenoxy) is 1. The summed E-state index contributed by atoms with van der Waals surface area (Å²) in [4.78, 5) is 10.9. The molecular weight excluding hydrogens is 216 g/mol. The van der Waals surface area contributed by atoms with Crippen LogP contribution in [0.1, 0.15) is 11.3 Å². The molecule has 2 rings (SSSR count). The second-order valence-electron chi connectivity index (χ2n) is 3.20. The van der Waals surface area contributed by atoms with E-state index >= 15 is 0 Å². The minimum atomic E-state index is 0.315. The van der Waals surface area contributed by atoms with E-state index in [-0.39, 0.29) is 0 Å². The molecule has 1 aromatic carbocycles. The molecule has 0 aliphatic carbocycles. The maximum Gasteiger partial charge on any atom is 0.222 e. The summed E-state index contributed by atoms with van der Waals surface area (Å²) < 4.78 is 5.20. The molecule has 1 N–H and O–H groups in total. The van der Waals surface area contributed by atoms with Crippen LogP contribution in [0.3, 0.4) is 0 Å². The fourth-order valence-corrected chi connectivity index (χ4v) is 1.36. The number of hydrogen-bond donors (Lipinski definition) is 1. The quantitative estimate of drug-likeness (QED) is 0.628. The van der Waals surface area contributed by atoms with Gasteiger partial charge in [0.25, 0.3) is 0 Å². The lowest BCUT2D eigenvalue weighted by atomic mass is 10.2. The molecule has 0 atom stereocenters. The minimum absolute atomic E-state index is 0.315. The lowest BCUT2D eigenvalue weighted by Gasteiger charge is -2.03. The second-order valence-corrected chi connectivity index (χ2v) is 3.20. The van der Waals surface area contributed by atoms with Crippen LogP contribution < -0.4 is 0 Å². The van der Waals surface area contributed by atoms with E-state index in [4.69, 9.17) is 10.00 Å². The zero-order chi connectivity index (χ0) is 12.1. The number of benzene rings is 1. The van der Waals surface area contributed by atoms with Crippen LogP contribution in [-0.4, -0.2) is 23.0 Å². The number of nitrogens with one attached hydrogen (secondary N) is 1. The van der Waals surface area contributed by atoms with Crippen LogP contribution in [0.2, 0.25) is 0 Å². The molecule has 1 heterocycles. The van der Waals surface area contributed by atoms with Gasteiger partial charge >= 0.3 is 0 Å². The summed E-state index contributed by atoms with van der Waals surface area (Å²) in [7, 11) is 1.53. The van der Waals surface area contributed by atoms with Gasteiger partial charge in [0.1, 0.15) is 6.07 Å². The Hall–Kier alpha value is -2.61. The van der Waals surface area contributed by atoms with Crippen molar-refractivity contribution in [3.8, 4) is 6.07 Å². The fraction of sp³-hybridized carbons (Fsp3) is 0.0833. The number of nitrogens with zero attached hydrogens (tertiary/aromatic N) is 3. The van der Waals surface area contributed by atoms with Crippen LogP contribution in [0.25, 0.3) is 0 Å². The SMILES string of the molecule is COC(=Nc1nc[nH]c1C#N)c1ccccc1. The van der Waals surface area contributed by atoms with E-state index in [1.165, 1.54) is 13.4 Å². The maximum absolute atomic E-state index is 8.83. The van der Waals surface area contributed by atoms with Crippen molar-refractivity contribution in [3.63, 3.8) is 0 Å². The highest BCUT2D eigenvalue weighted by Gasteiger charge is 2.07. The number of imidazole rings is 1. The van der Waals surface area contributed by atoms with Crippen molar-refractivity contribution < 1.29 is 4.74 Å². The molecule has 84 valence electrons. The van der Waals surface area contributed by atoms with Gasteiger partial charge in [-0.15, -0.1) is 0 Å². The number of H-pyrrole nitrogens is 1. The molecule has 0 radical (unpaired) electrons. The zero-order valence-electron chi connectivity index (χ0n) is 9.21. The van der Waals surface area contributed by atoms with Crippen LogP contribution >= 0.6 is 0 Å². The Labute approximate surface area is 98.4 Å². The molecule has 0 saturated carbocycles. The molecule has 0 unspecified atom stereocenters. The molecule has 0 aliphatic heterocycles. The van der Waals surface area contributed by atoms with E-state index in [1.54, 1.807) is 0 Å². The highest BCUT2D eigenvalue weighted by Crippen LogP contribution is 2.14. The third kappa shape index (κ3) is 2.32. The van der Waals surface area contributed by atoms with Crippen molar-refractivity contribution in [1.82, 2.24) is 9.97 Å². The summed E-state index contributed by atoms with van der Waals surface area (Å²) in [6.45, 7) is 0. The molecule has 2 aromatic rings. The van der Waals surface area contributed by atoms with E-state index < -0.39 is 0 Å². The molecule has 1 aromatic heterocycles. The molecule has 5 nitrogen and oxygen atoms in total. The Bertz CT molecular complexity index is 566. The smallest absolute Gasteiger partial charge is 0.222 e. The van der Waals surface area contributed by atoms with Crippen LogP contribution in [-0.2, 0) is 4.74 Å². The van der Waals surface area contributed by atoms with Gasteiger partial charge < -0.3 is 9.72 Å². The molecule has 5 heteroatoms. The normalized spacial score (nSPS) is 10.9. The van der Waals surface area contributed by atoms with Crippen molar-refractivity contribution in [2.24, 2.45) is 4.99 Å². The highest BCUT2D eigenvalue weighted by molar-refractivity contribution is 5.95. The van der Waals surface area contributed by atoms with Crippen molar-refractivity contribution in [2.45, 2.75) is 0 Å². The second kappa shape index (κ2) is 4.94.